The maximum Gasteiger partial charge on any atom is 0.319 e. The van der Waals surface area contributed by atoms with Crippen LogP contribution >= 0.6 is 11.3 Å². The van der Waals surface area contributed by atoms with Gasteiger partial charge < -0.3 is 9.84 Å². The molecular weight excluding hydrogens is 244 g/mol. The highest BCUT2D eigenvalue weighted by molar-refractivity contribution is 7.11. The SMILES string of the molecule is O=C(O)CCCC(=O)CC(=O)Oc1cccs1. The standard InChI is InChI=1S/C11H12O5S/c12-8(3-1-4-9(13)14)7-10(15)16-11-5-2-6-17-11/h2,5-6H,1,3-4,7H2,(H,13,14). The average molecular weight is 256 g/mol. The smallest absolute Gasteiger partial charge is 0.319 e. The molecule has 1 N–H and O–H groups in total. The third-order valence-electron chi connectivity index (χ3n) is 1.90. The maximum absolute atomic E-state index is 11.3. The summed E-state index contributed by atoms with van der Waals surface area (Å²) in [5.41, 5.74) is 0. The van der Waals surface area contributed by atoms with Gasteiger partial charge in [0.25, 0.3) is 0 Å². The van der Waals surface area contributed by atoms with Gasteiger partial charge in [-0.3, -0.25) is 14.4 Å². The van der Waals surface area contributed by atoms with Gasteiger partial charge in [0.1, 0.15) is 12.2 Å². The number of hydrogen-bond acceptors (Lipinski definition) is 5. The third-order valence-corrected chi connectivity index (χ3v) is 2.64. The Bertz CT molecular complexity index is 396. The van der Waals surface area contributed by atoms with Gasteiger partial charge in [-0.2, -0.15) is 0 Å². The van der Waals surface area contributed by atoms with Crippen LogP contribution in [0.3, 0.4) is 0 Å². The van der Waals surface area contributed by atoms with Crippen LogP contribution in [0, 0.1) is 0 Å². The van der Waals surface area contributed by atoms with Crippen molar-refractivity contribution < 1.29 is 24.2 Å². The molecule has 0 saturated heterocycles. The van der Waals surface area contributed by atoms with Crippen molar-refractivity contribution in [1.29, 1.82) is 0 Å². The van der Waals surface area contributed by atoms with Gasteiger partial charge in [0, 0.05) is 12.8 Å². The van der Waals surface area contributed by atoms with E-state index in [4.69, 9.17) is 9.84 Å². The van der Waals surface area contributed by atoms with Crippen LogP contribution in [0.15, 0.2) is 17.5 Å². The molecule has 92 valence electrons. The predicted octanol–water partition coefficient (Wildman–Crippen LogP) is 1.87. The number of thiophene rings is 1. The van der Waals surface area contributed by atoms with E-state index in [0.29, 0.717) is 5.06 Å². The molecule has 0 atom stereocenters. The molecule has 0 bridgehead atoms. The second-order valence-corrected chi connectivity index (χ2v) is 4.28. The Morgan fingerprint density at radius 1 is 1.29 bits per heavy atom. The number of ketones is 1. The summed E-state index contributed by atoms with van der Waals surface area (Å²) < 4.78 is 4.89. The van der Waals surface area contributed by atoms with E-state index in [1.807, 2.05) is 0 Å². The number of carbonyl (C=O) groups excluding carboxylic acids is 2. The zero-order chi connectivity index (χ0) is 12.7. The second-order valence-electron chi connectivity index (χ2n) is 3.37. The van der Waals surface area contributed by atoms with E-state index < -0.39 is 11.9 Å². The Kier molecular flexibility index (Phi) is 5.35. The topological polar surface area (TPSA) is 80.7 Å². The lowest BCUT2D eigenvalue weighted by molar-refractivity contribution is -0.137. The quantitative estimate of drug-likeness (QED) is 0.595. The Morgan fingerprint density at radius 2 is 2.06 bits per heavy atom. The minimum atomic E-state index is -0.945. The summed E-state index contributed by atoms with van der Waals surface area (Å²) in [4.78, 5) is 32.8. The van der Waals surface area contributed by atoms with Crippen LogP contribution in [0.25, 0.3) is 0 Å². The molecule has 5 nitrogen and oxygen atoms in total. The summed E-state index contributed by atoms with van der Waals surface area (Å²) in [6, 6.07) is 3.37. The highest BCUT2D eigenvalue weighted by Crippen LogP contribution is 2.18. The van der Waals surface area contributed by atoms with E-state index in [1.165, 1.54) is 11.3 Å². The largest absolute Gasteiger partial charge is 0.481 e. The van der Waals surface area contributed by atoms with Crippen molar-refractivity contribution in [1.82, 2.24) is 0 Å². The molecule has 0 spiro atoms. The molecule has 0 aromatic carbocycles. The van der Waals surface area contributed by atoms with E-state index in [-0.39, 0.29) is 31.5 Å². The highest BCUT2D eigenvalue weighted by atomic mass is 32.1. The minimum absolute atomic E-state index is 0.0638. The van der Waals surface area contributed by atoms with Crippen LogP contribution in [0.4, 0.5) is 0 Å². The third kappa shape index (κ3) is 5.82. The summed E-state index contributed by atoms with van der Waals surface area (Å²) in [6.45, 7) is 0. The first kappa shape index (κ1) is 13.4. The number of esters is 1. The van der Waals surface area contributed by atoms with Crippen LogP contribution in [0.1, 0.15) is 25.7 Å². The number of hydrogen-bond donors (Lipinski definition) is 1. The number of carboxylic acid groups (broad SMARTS) is 1. The van der Waals surface area contributed by atoms with Crippen LogP contribution in [0.2, 0.25) is 0 Å². The molecule has 1 aromatic rings. The molecule has 0 aliphatic rings. The molecule has 0 aliphatic carbocycles. The number of Topliss-reactive ketones (excluding diaryl/α,β-unsaturated/α-hetero) is 1. The normalized spacial score (nSPS) is 9.88. The molecule has 0 aliphatic heterocycles. The van der Waals surface area contributed by atoms with E-state index in [1.54, 1.807) is 17.5 Å². The van der Waals surface area contributed by atoms with Gasteiger partial charge in [0.15, 0.2) is 5.06 Å². The molecule has 1 heterocycles. The van der Waals surface area contributed by atoms with Gasteiger partial charge in [-0.1, -0.05) is 0 Å². The average Bonchev–Trinajstić information content (AvgIpc) is 2.69. The van der Waals surface area contributed by atoms with Crippen molar-refractivity contribution in [3.8, 4) is 5.06 Å². The van der Waals surface area contributed by atoms with Gasteiger partial charge in [-0.15, -0.1) is 11.3 Å². The zero-order valence-electron chi connectivity index (χ0n) is 9.05. The molecule has 0 radical (unpaired) electrons. The van der Waals surface area contributed by atoms with E-state index >= 15 is 0 Å². The first-order valence-corrected chi connectivity index (χ1v) is 5.93. The molecule has 0 fully saturated rings. The van der Waals surface area contributed by atoms with Crippen molar-refractivity contribution in [3.63, 3.8) is 0 Å². The van der Waals surface area contributed by atoms with Crippen LogP contribution in [0.5, 0.6) is 5.06 Å². The lowest BCUT2D eigenvalue weighted by atomic mass is 10.1. The maximum atomic E-state index is 11.3. The molecule has 6 heteroatoms. The van der Waals surface area contributed by atoms with Crippen LogP contribution in [-0.4, -0.2) is 22.8 Å². The Morgan fingerprint density at radius 3 is 2.65 bits per heavy atom. The fraction of sp³-hybridized carbons (Fsp3) is 0.364. The van der Waals surface area contributed by atoms with Gasteiger partial charge in [-0.05, 0) is 23.9 Å². The van der Waals surface area contributed by atoms with E-state index in [2.05, 4.69) is 0 Å². The van der Waals surface area contributed by atoms with Gasteiger partial charge in [-0.25, -0.2) is 0 Å². The summed E-state index contributed by atoms with van der Waals surface area (Å²) in [5.74, 6) is -1.85. The first-order chi connectivity index (χ1) is 8.08. The molecule has 0 unspecified atom stereocenters. The van der Waals surface area contributed by atoms with Crippen molar-refractivity contribution in [2.45, 2.75) is 25.7 Å². The number of aliphatic carboxylic acids is 1. The monoisotopic (exact) mass is 256 g/mol. The fourth-order valence-electron chi connectivity index (χ4n) is 1.16. The van der Waals surface area contributed by atoms with Gasteiger partial charge in [0.05, 0.1) is 0 Å². The molecule has 0 saturated carbocycles. The number of rotatable bonds is 7. The van der Waals surface area contributed by atoms with Crippen molar-refractivity contribution in [2.75, 3.05) is 0 Å². The molecule has 1 aromatic heterocycles. The fourth-order valence-corrected chi connectivity index (χ4v) is 1.75. The van der Waals surface area contributed by atoms with Crippen molar-refractivity contribution in [3.05, 3.63) is 17.5 Å². The molecule has 1 rings (SSSR count). The highest BCUT2D eigenvalue weighted by Gasteiger charge is 2.12. The van der Waals surface area contributed by atoms with Crippen LogP contribution < -0.4 is 4.74 Å². The summed E-state index contributed by atoms with van der Waals surface area (Å²) in [7, 11) is 0. The van der Waals surface area contributed by atoms with E-state index in [9.17, 15) is 14.4 Å². The first-order valence-electron chi connectivity index (χ1n) is 5.05. The molecule has 0 amide bonds. The summed E-state index contributed by atoms with van der Waals surface area (Å²) >= 11 is 1.27. The van der Waals surface area contributed by atoms with E-state index in [0.717, 1.165) is 0 Å². The minimum Gasteiger partial charge on any atom is -0.481 e. The Labute approximate surface area is 102 Å². The summed E-state index contributed by atoms with van der Waals surface area (Å²) in [5, 5.41) is 10.6. The lowest BCUT2D eigenvalue weighted by Crippen LogP contribution is -2.13. The molecule has 17 heavy (non-hydrogen) atoms. The van der Waals surface area contributed by atoms with Gasteiger partial charge in [0.2, 0.25) is 0 Å². The Balaban J connectivity index is 2.22. The summed E-state index contributed by atoms with van der Waals surface area (Å²) in [6.07, 6.45) is -0.0322. The molecular formula is C11H12O5S. The number of carboxylic acids is 1. The van der Waals surface area contributed by atoms with Crippen molar-refractivity contribution in [2.24, 2.45) is 0 Å². The predicted molar refractivity (Wildman–Crippen MR) is 61.1 cm³/mol. The zero-order valence-corrected chi connectivity index (χ0v) is 9.87. The van der Waals surface area contributed by atoms with Crippen LogP contribution in [-0.2, 0) is 14.4 Å². The number of ether oxygens (including phenoxy) is 1. The van der Waals surface area contributed by atoms with Gasteiger partial charge >= 0.3 is 11.9 Å². The second kappa shape index (κ2) is 6.80. The lowest BCUT2D eigenvalue weighted by Gasteiger charge is -2.00. The van der Waals surface area contributed by atoms with Crippen molar-refractivity contribution >= 4 is 29.1 Å². The number of carbonyl (C=O) groups is 3. The Hall–Kier alpha value is -1.69.